The first kappa shape index (κ1) is 25.5. The molecule has 0 spiro atoms. The Kier molecular flexibility index (Phi) is 8.66. The van der Waals surface area contributed by atoms with Gasteiger partial charge in [0.15, 0.2) is 5.75 Å². The summed E-state index contributed by atoms with van der Waals surface area (Å²) in [7, 11) is -8.78. The van der Waals surface area contributed by atoms with E-state index in [1.165, 1.54) is 6.07 Å². The highest BCUT2D eigenvalue weighted by molar-refractivity contribution is 14.1. The summed E-state index contributed by atoms with van der Waals surface area (Å²) in [6.45, 7) is 5.76. The van der Waals surface area contributed by atoms with Crippen molar-refractivity contribution in [1.29, 1.82) is 0 Å². The SMILES string of the molecule is CCc1cc(CC)c(S(=O)(=O)Oc2c(I)cc(I)c(S(=O)(=O)O)c2I)c(CC)c1. The predicted molar refractivity (Wildman–Crippen MR) is 137 cm³/mol. The number of rotatable bonds is 7. The highest BCUT2D eigenvalue weighted by atomic mass is 127. The molecule has 0 aliphatic heterocycles. The molecule has 11 heteroatoms. The fourth-order valence-corrected chi connectivity index (χ4v) is 10.6. The standard InChI is InChI=1S/C18H19I3O6S2/c1-4-10-7-11(5-2)17(12(6-3)8-10)29(25,26)27-16-13(19)9-14(20)18(15(16)21)28(22,23)24/h7-9H,4-6H2,1-3H3,(H,22,23,24). The number of hydrogen-bond donors (Lipinski definition) is 1. The Morgan fingerprint density at radius 1 is 0.828 bits per heavy atom. The van der Waals surface area contributed by atoms with E-state index >= 15 is 0 Å². The van der Waals surface area contributed by atoms with Crippen LogP contribution in [0.25, 0.3) is 0 Å². The highest BCUT2D eigenvalue weighted by Gasteiger charge is 2.30. The molecule has 0 radical (unpaired) electrons. The van der Waals surface area contributed by atoms with E-state index in [-0.39, 0.29) is 22.7 Å². The largest absolute Gasteiger partial charge is 0.377 e. The van der Waals surface area contributed by atoms with Crippen LogP contribution < -0.4 is 4.18 Å². The second-order valence-electron chi connectivity index (χ2n) is 6.13. The van der Waals surface area contributed by atoms with E-state index in [0.717, 1.165) is 12.0 Å². The van der Waals surface area contributed by atoms with Crippen molar-refractivity contribution in [1.82, 2.24) is 0 Å². The van der Waals surface area contributed by atoms with Gasteiger partial charge in [-0.1, -0.05) is 32.9 Å². The first-order valence-corrected chi connectivity index (χ1v) is 14.7. The Morgan fingerprint density at radius 2 is 1.34 bits per heavy atom. The van der Waals surface area contributed by atoms with E-state index in [9.17, 15) is 21.4 Å². The second-order valence-corrected chi connectivity index (χ2v) is 12.4. The van der Waals surface area contributed by atoms with Crippen LogP contribution in [0.5, 0.6) is 5.75 Å². The van der Waals surface area contributed by atoms with Crippen molar-refractivity contribution < 1.29 is 25.6 Å². The van der Waals surface area contributed by atoms with Crippen LogP contribution in [0.4, 0.5) is 0 Å². The van der Waals surface area contributed by atoms with Crippen LogP contribution in [-0.4, -0.2) is 21.4 Å². The predicted octanol–water partition coefficient (Wildman–Crippen LogP) is 5.20. The number of halogens is 3. The van der Waals surface area contributed by atoms with Gasteiger partial charge >= 0.3 is 10.1 Å². The molecule has 160 valence electrons. The molecule has 29 heavy (non-hydrogen) atoms. The lowest BCUT2D eigenvalue weighted by molar-refractivity contribution is 0.470. The smallest absolute Gasteiger partial charge is 0.339 e. The van der Waals surface area contributed by atoms with Gasteiger partial charge in [-0.05, 0) is 110 Å². The lowest BCUT2D eigenvalue weighted by Crippen LogP contribution is -2.17. The molecule has 0 heterocycles. The lowest BCUT2D eigenvalue weighted by Gasteiger charge is -2.18. The summed E-state index contributed by atoms with van der Waals surface area (Å²) in [6, 6.07) is 5.19. The summed E-state index contributed by atoms with van der Waals surface area (Å²) in [5.41, 5.74) is 2.36. The Morgan fingerprint density at radius 3 is 1.76 bits per heavy atom. The van der Waals surface area contributed by atoms with Gasteiger partial charge in [0.25, 0.3) is 10.1 Å². The third-order valence-electron chi connectivity index (χ3n) is 4.26. The quantitative estimate of drug-likeness (QED) is 0.236. The van der Waals surface area contributed by atoms with Crippen LogP contribution in [0.1, 0.15) is 37.5 Å². The summed E-state index contributed by atoms with van der Waals surface area (Å²) in [4.78, 5) is -0.240. The van der Waals surface area contributed by atoms with Crippen LogP contribution in [-0.2, 0) is 39.5 Å². The van der Waals surface area contributed by atoms with Gasteiger partial charge in [-0.15, -0.1) is 0 Å². The maximum absolute atomic E-state index is 13.3. The van der Waals surface area contributed by atoms with Gasteiger partial charge < -0.3 is 4.18 Å². The number of hydrogen-bond acceptors (Lipinski definition) is 5. The lowest BCUT2D eigenvalue weighted by atomic mass is 10.0. The molecule has 0 unspecified atom stereocenters. The van der Waals surface area contributed by atoms with Crippen molar-refractivity contribution in [3.8, 4) is 5.75 Å². The Balaban J connectivity index is 2.74. The molecule has 0 atom stereocenters. The molecule has 0 saturated heterocycles. The molecule has 0 saturated carbocycles. The average Bonchev–Trinajstić information content (AvgIpc) is 2.62. The minimum absolute atomic E-state index is 0.0197. The summed E-state index contributed by atoms with van der Waals surface area (Å²) in [5.74, 6) is -0.108. The molecule has 0 amide bonds. The van der Waals surface area contributed by atoms with Crippen molar-refractivity contribution in [2.75, 3.05) is 0 Å². The fraction of sp³-hybridized carbons (Fsp3) is 0.333. The van der Waals surface area contributed by atoms with Gasteiger partial charge in [0.05, 0.1) is 7.14 Å². The van der Waals surface area contributed by atoms with Gasteiger partial charge in [-0.25, -0.2) is 0 Å². The van der Waals surface area contributed by atoms with Crippen molar-refractivity contribution in [2.45, 2.75) is 49.8 Å². The van der Waals surface area contributed by atoms with E-state index < -0.39 is 20.2 Å². The zero-order valence-electron chi connectivity index (χ0n) is 15.8. The van der Waals surface area contributed by atoms with Gasteiger partial charge in [0.2, 0.25) is 0 Å². The van der Waals surface area contributed by atoms with Crippen LogP contribution in [0, 0.1) is 10.7 Å². The minimum atomic E-state index is -4.55. The second kappa shape index (κ2) is 9.83. The Bertz CT molecular complexity index is 1130. The van der Waals surface area contributed by atoms with Crippen molar-refractivity contribution >= 4 is 88.0 Å². The highest BCUT2D eigenvalue weighted by Crippen LogP contribution is 2.38. The first-order chi connectivity index (χ1) is 13.4. The molecule has 6 nitrogen and oxygen atoms in total. The molecule has 0 aromatic heterocycles. The van der Waals surface area contributed by atoms with Crippen molar-refractivity contribution in [2.24, 2.45) is 0 Å². The Hall–Kier alpha value is 0.290. The van der Waals surface area contributed by atoms with E-state index in [1.807, 2.05) is 55.5 Å². The van der Waals surface area contributed by atoms with Gasteiger partial charge in [0.1, 0.15) is 9.79 Å². The minimum Gasteiger partial charge on any atom is -0.377 e. The third-order valence-corrected chi connectivity index (χ3v) is 10.0. The van der Waals surface area contributed by atoms with Crippen molar-refractivity contribution in [3.05, 3.63) is 45.6 Å². The zero-order chi connectivity index (χ0) is 22.1. The molecular formula is C18H19I3O6S2. The van der Waals surface area contributed by atoms with Crippen LogP contribution in [0.2, 0.25) is 0 Å². The molecule has 0 aliphatic carbocycles. The third kappa shape index (κ3) is 5.56. The summed E-state index contributed by atoms with van der Waals surface area (Å²) in [5, 5.41) is 0. The van der Waals surface area contributed by atoms with Crippen molar-refractivity contribution in [3.63, 3.8) is 0 Å². The topological polar surface area (TPSA) is 97.7 Å². The average molecular weight is 776 g/mol. The molecule has 2 rings (SSSR count). The molecule has 0 fully saturated rings. The molecular weight excluding hydrogens is 757 g/mol. The number of benzene rings is 2. The zero-order valence-corrected chi connectivity index (χ0v) is 23.9. The summed E-state index contributed by atoms with van der Waals surface area (Å²) in [6.07, 6.45) is 1.80. The maximum atomic E-state index is 13.3. The fourth-order valence-electron chi connectivity index (χ4n) is 2.90. The van der Waals surface area contributed by atoms with Gasteiger partial charge in [-0.2, -0.15) is 16.8 Å². The van der Waals surface area contributed by atoms with Gasteiger partial charge in [0, 0.05) is 3.57 Å². The molecule has 0 aliphatic rings. The summed E-state index contributed by atoms with van der Waals surface area (Å²) >= 11 is 5.35. The van der Waals surface area contributed by atoms with Crippen LogP contribution in [0.15, 0.2) is 28.0 Å². The molecule has 1 N–H and O–H groups in total. The maximum Gasteiger partial charge on any atom is 0.339 e. The Labute approximate surface area is 212 Å². The van der Waals surface area contributed by atoms with Crippen LogP contribution in [0.3, 0.4) is 0 Å². The number of aryl methyl sites for hydroxylation is 3. The monoisotopic (exact) mass is 776 g/mol. The van der Waals surface area contributed by atoms with E-state index in [4.69, 9.17) is 4.18 Å². The first-order valence-electron chi connectivity index (χ1n) is 8.61. The normalized spacial score (nSPS) is 12.2. The van der Waals surface area contributed by atoms with E-state index in [1.54, 1.807) is 45.2 Å². The molecule has 2 aromatic carbocycles. The van der Waals surface area contributed by atoms with E-state index in [2.05, 4.69) is 0 Å². The van der Waals surface area contributed by atoms with E-state index in [0.29, 0.717) is 27.5 Å². The molecule has 0 bridgehead atoms. The van der Waals surface area contributed by atoms with Gasteiger partial charge in [-0.3, -0.25) is 4.55 Å². The van der Waals surface area contributed by atoms with Crippen LogP contribution >= 0.6 is 67.8 Å². The summed E-state index contributed by atoms with van der Waals surface area (Å²) < 4.78 is 65.9. The molecule has 2 aromatic rings.